The van der Waals surface area contributed by atoms with Gasteiger partial charge < -0.3 is 5.32 Å². The van der Waals surface area contributed by atoms with Gasteiger partial charge in [0.25, 0.3) is 0 Å². The van der Waals surface area contributed by atoms with Crippen LogP contribution in [0.25, 0.3) is 0 Å². The van der Waals surface area contributed by atoms with Crippen molar-refractivity contribution in [3.8, 4) is 0 Å². The molecule has 1 aliphatic heterocycles. The zero-order valence-electron chi connectivity index (χ0n) is 12.0. The fourth-order valence-electron chi connectivity index (χ4n) is 3.08. The molecule has 0 saturated carbocycles. The van der Waals surface area contributed by atoms with Crippen molar-refractivity contribution < 1.29 is 0 Å². The van der Waals surface area contributed by atoms with Crippen molar-refractivity contribution in [2.75, 3.05) is 13.1 Å². The first-order chi connectivity index (χ1) is 7.47. The SMILES string of the molecule is CCNC(C)C(C)N1CC(C)CC(C)C1C. The highest BCUT2D eigenvalue weighted by atomic mass is 15.2. The van der Waals surface area contributed by atoms with E-state index < -0.39 is 0 Å². The van der Waals surface area contributed by atoms with E-state index in [1.807, 2.05) is 0 Å². The molecule has 1 saturated heterocycles. The van der Waals surface area contributed by atoms with E-state index in [-0.39, 0.29) is 0 Å². The number of hydrogen-bond acceptors (Lipinski definition) is 2. The van der Waals surface area contributed by atoms with Crippen LogP contribution in [0.2, 0.25) is 0 Å². The summed E-state index contributed by atoms with van der Waals surface area (Å²) in [7, 11) is 0. The average molecular weight is 226 g/mol. The van der Waals surface area contributed by atoms with Crippen molar-refractivity contribution in [3.63, 3.8) is 0 Å². The third kappa shape index (κ3) is 3.21. The van der Waals surface area contributed by atoms with E-state index in [1.165, 1.54) is 13.0 Å². The molecular formula is C14H30N2. The van der Waals surface area contributed by atoms with Crippen molar-refractivity contribution in [3.05, 3.63) is 0 Å². The monoisotopic (exact) mass is 226 g/mol. The number of likely N-dealkylation sites (N-methyl/N-ethyl adjacent to an activating group) is 1. The lowest BCUT2D eigenvalue weighted by atomic mass is 9.84. The summed E-state index contributed by atoms with van der Waals surface area (Å²) in [6.07, 6.45) is 1.39. The Hall–Kier alpha value is -0.0800. The van der Waals surface area contributed by atoms with E-state index in [2.05, 4.69) is 51.8 Å². The third-order valence-electron chi connectivity index (χ3n) is 4.42. The molecule has 0 aromatic rings. The summed E-state index contributed by atoms with van der Waals surface area (Å²) in [6.45, 7) is 16.4. The molecule has 2 nitrogen and oxygen atoms in total. The quantitative estimate of drug-likeness (QED) is 0.793. The zero-order chi connectivity index (χ0) is 12.3. The van der Waals surface area contributed by atoms with Gasteiger partial charge in [0.15, 0.2) is 0 Å². The Labute approximate surface area is 102 Å². The van der Waals surface area contributed by atoms with E-state index in [9.17, 15) is 0 Å². The highest BCUT2D eigenvalue weighted by Gasteiger charge is 2.33. The van der Waals surface area contributed by atoms with Crippen molar-refractivity contribution in [2.45, 2.75) is 66.1 Å². The maximum atomic E-state index is 3.55. The maximum absolute atomic E-state index is 3.55. The molecule has 0 spiro atoms. The van der Waals surface area contributed by atoms with Crippen molar-refractivity contribution in [1.82, 2.24) is 10.2 Å². The molecule has 1 N–H and O–H groups in total. The Kier molecular flexibility index (Phi) is 5.26. The van der Waals surface area contributed by atoms with Gasteiger partial charge in [-0.3, -0.25) is 4.90 Å². The maximum Gasteiger partial charge on any atom is 0.0221 e. The number of piperidine rings is 1. The largest absolute Gasteiger partial charge is 0.313 e. The molecule has 1 fully saturated rings. The molecule has 16 heavy (non-hydrogen) atoms. The van der Waals surface area contributed by atoms with Crippen LogP contribution in [0, 0.1) is 11.8 Å². The molecule has 1 aliphatic rings. The fraction of sp³-hybridized carbons (Fsp3) is 1.00. The highest BCUT2D eigenvalue weighted by molar-refractivity contribution is 4.88. The first-order valence-corrected chi connectivity index (χ1v) is 6.96. The van der Waals surface area contributed by atoms with E-state index >= 15 is 0 Å². The molecule has 1 rings (SSSR count). The molecule has 96 valence electrons. The summed E-state index contributed by atoms with van der Waals surface area (Å²) < 4.78 is 0. The molecule has 0 aliphatic carbocycles. The second-order valence-electron chi connectivity index (χ2n) is 5.84. The Morgan fingerprint density at radius 2 is 1.88 bits per heavy atom. The molecular weight excluding hydrogens is 196 g/mol. The van der Waals surface area contributed by atoms with Crippen LogP contribution in [-0.4, -0.2) is 36.1 Å². The van der Waals surface area contributed by atoms with Crippen LogP contribution in [0.3, 0.4) is 0 Å². The molecule has 0 amide bonds. The molecule has 1 heterocycles. The Morgan fingerprint density at radius 1 is 1.25 bits per heavy atom. The van der Waals surface area contributed by atoms with Gasteiger partial charge in [-0.15, -0.1) is 0 Å². The molecule has 5 unspecified atom stereocenters. The first kappa shape index (κ1) is 14.0. The van der Waals surface area contributed by atoms with Gasteiger partial charge in [0.05, 0.1) is 0 Å². The molecule has 5 atom stereocenters. The predicted octanol–water partition coefficient (Wildman–Crippen LogP) is 2.74. The van der Waals surface area contributed by atoms with Crippen molar-refractivity contribution in [2.24, 2.45) is 11.8 Å². The van der Waals surface area contributed by atoms with E-state index in [4.69, 9.17) is 0 Å². The topological polar surface area (TPSA) is 15.3 Å². The summed E-state index contributed by atoms with van der Waals surface area (Å²) >= 11 is 0. The lowest BCUT2D eigenvalue weighted by Crippen LogP contribution is -2.55. The first-order valence-electron chi connectivity index (χ1n) is 6.96. The third-order valence-corrected chi connectivity index (χ3v) is 4.42. The number of hydrogen-bond donors (Lipinski definition) is 1. The standard InChI is InChI=1S/C14H30N2/c1-7-15-12(4)14(6)16-9-10(2)8-11(3)13(16)5/h10-15H,7-9H2,1-6H3. The van der Waals surface area contributed by atoms with Crippen LogP contribution >= 0.6 is 0 Å². The molecule has 0 radical (unpaired) electrons. The second kappa shape index (κ2) is 6.02. The van der Waals surface area contributed by atoms with Gasteiger partial charge in [-0.05, 0) is 45.6 Å². The van der Waals surface area contributed by atoms with Gasteiger partial charge in [0.1, 0.15) is 0 Å². The molecule has 0 aromatic heterocycles. The lowest BCUT2D eigenvalue weighted by Gasteiger charge is -2.46. The van der Waals surface area contributed by atoms with Gasteiger partial charge in [-0.2, -0.15) is 0 Å². The summed E-state index contributed by atoms with van der Waals surface area (Å²) in [6, 6.07) is 1.96. The smallest absolute Gasteiger partial charge is 0.0221 e. The summed E-state index contributed by atoms with van der Waals surface area (Å²) in [5.74, 6) is 1.68. The van der Waals surface area contributed by atoms with Crippen molar-refractivity contribution >= 4 is 0 Å². The van der Waals surface area contributed by atoms with Crippen LogP contribution in [0.4, 0.5) is 0 Å². The lowest BCUT2D eigenvalue weighted by molar-refractivity contribution is 0.0347. The average Bonchev–Trinajstić information content (AvgIpc) is 2.22. The zero-order valence-corrected chi connectivity index (χ0v) is 12.0. The minimum Gasteiger partial charge on any atom is -0.313 e. The Bertz CT molecular complexity index is 205. The summed E-state index contributed by atoms with van der Waals surface area (Å²) in [5, 5.41) is 3.55. The van der Waals surface area contributed by atoms with Gasteiger partial charge in [-0.1, -0.05) is 20.8 Å². The fourth-order valence-corrected chi connectivity index (χ4v) is 3.08. The van der Waals surface area contributed by atoms with Crippen LogP contribution in [0.15, 0.2) is 0 Å². The Balaban J connectivity index is 2.62. The van der Waals surface area contributed by atoms with Crippen LogP contribution in [0.5, 0.6) is 0 Å². The van der Waals surface area contributed by atoms with Crippen LogP contribution in [-0.2, 0) is 0 Å². The number of likely N-dealkylation sites (tertiary alicyclic amines) is 1. The number of rotatable bonds is 4. The molecule has 0 aromatic carbocycles. The summed E-state index contributed by atoms with van der Waals surface area (Å²) in [5.41, 5.74) is 0. The van der Waals surface area contributed by atoms with Crippen molar-refractivity contribution in [1.29, 1.82) is 0 Å². The van der Waals surface area contributed by atoms with Gasteiger partial charge >= 0.3 is 0 Å². The van der Waals surface area contributed by atoms with Crippen LogP contribution in [0.1, 0.15) is 48.0 Å². The normalized spacial score (nSPS) is 36.0. The number of nitrogens with one attached hydrogen (secondary N) is 1. The van der Waals surface area contributed by atoms with Gasteiger partial charge in [0, 0.05) is 24.7 Å². The van der Waals surface area contributed by atoms with E-state index in [1.54, 1.807) is 0 Å². The van der Waals surface area contributed by atoms with E-state index in [0.29, 0.717) is 12.1 Å². The summed E-state index contributed by atoms with van der Waals surface area (Å²) in [4.78, 5) is 2.70. The van der Waals surface area contributed by atoms with Crippen LogP contribution < -0.4 is 5.32 Å². The van der Waals surface area contributed by atoms with Gasteiger partial charge in [-0.25, -0.2) is 0 Å². The second-order valence-corrected chi connectivity index (χ2v) is 5.84. The van der Waals surface area contributed by atoms with E-state index in [0.717, 1.165) is 24.4 Å². The number of nitrogens with zero attached hydrogens (tertiary/aromatic N) is 1. The Morgan fingerprint density at radius 3 is 2.44 bits per heavy atom. The minimum absolute atomic E-state index is 0.588. The highest BCUT2D eigenvalue weighted by Crippen LogP contribution is 2.29. The molecule has 0 bridgehead atoms. The predicted molar refractivity (Wildman–Crippen MR) is 71.7 cm³/mol. The minimum atomic E-state index is 0.588. The molecule has 2 heteroatoms. The van der Waals surface area contributed by atoms with Gasteiger partial charge in [0.2, 0.25) is 0 Å².